The first-order valence-electron chi connectivity index (χ1n) is 35.3. The van der Waals surface area contributed by atoms with E-state index >= 15 is 0 Å². The Morgan fingerprint density at radius 1 is 0.375 bits per heavy atom. The van der Waals surface area contributed by atoms with Gasteiger partial charge in [-0.25, -0.2) is 4.57 Å². The highest BCUT2D eigenvalue weighted by atomic mass is 31.2. The van der Waals surface area contributed by atoms with E-state index in [4.69, 9.17) is 24.3 Å². The molecule has 0 aromatic carbocycles. The molecule has 0 aromatic rings. The second-order valence-electron chi connectivity index (χ2n) is 24.1. The number of phosphoric acid groups is 1. The summed E-state index contributed by atoms with van der Waals surface area (Å²) < 4.78 is 33.1. The van der Waals surface area contributed by atoms with Crippen LogP contribution in [-0.2, 0) is 32.7 Å². The summed E-state index contributed by atoms with van der Waals surface area (Å²) in [5.74, 6) is -0.818. The number of hydrogen-bond acceptors (Lipinski definition) is 8. The van der Waals surface area contributed by atoms with Crippen LogP contribution in [0, 0.1) is 0 Å². The predicted octanol–water partition coefficient (Wildman–Crippen LogP) is 22.9. The van der Waals surface area contributed by atoms with Crippen molar-refractivity contribution in [2.75, 3.05) is 26.4 Å². The third-order valence-electron chi connectivity index (χ3n) is 16.1. The fourth-order valence-corrected chi connectivity index (χ4v) is 11.6. The fourth-order valence-electron chi connectivity index (χ4n) is 10.8. The summed E-state index contributed by atoms with van der Waals surface area (Å²) in [6.07, 6.45) is 81.7. The fraction of sp³-hybridized carbons (Fsp3) is 0.914. The molecule has 2 unspecified atom stereocenters. The molecule has 0 amide bonds. The van der Waals surface area contributed by atoms with Crippen LogP contribution in [0.4, 0.5) is 0 Å². The zero-order chi connectivity index (χ0) is 58.0. The number of hydrogen-bond donors (Lipinski definition) is 2. The number of rotatable bonds is 68. The van der Waals surface area contributed by atoms with Crippen molar-refractivity contribution >= 4 is 19.8 Å². The first kappa shape index (κ1) is 78.5. The Morgan fingerprint density at radius 2 is 0.650 bits per heavy atom. The molecule has 0 heterocycles. The highest BCUT2D eigenvalue weighted by Gasteiger charge is 2.26. The van der Waals surface area contributed by atoms with Gasteiger partial charge in [-0.05, 0) is 44.9 Å². The van der Waals surface area contributed by atoms with Gasteiger partial charge in [0.05, 0.1) is 13.2 Å². The second-order valence-corrected chi connectivity index (χ2v) is 25.6. The van der Waals surface area contributed by atoms with Gasteiger partial charge in [0, 0.05) is 19.4 Å². The minimum atomic E-state index is -4.39. The molecule has 0 aliphatic heterocycles. The molecule has 0 saturated heterocycles. The van der Waals surface area contributed by atoms with Crippen molar-refractivity contribution in [3.8, 4) is 0 Å². The Labute approximate surface area is 497 Å². The molecule has 3 N–H and O–H groups in total. The van der Waals surface area contributed by atoms with Crippen LogP contribution >= 0.6 is 7.82 Å². The molecule has 0 fully saturated rings. The molecule has 0 saturated carbocycles. The third-order valence-corrected chi connectivity index (χ3v) is 17.1. The molecule has 474 valence electrons. The first-order chi connectivity index (χ1) is 39.3. The topological polar surface area (TPSA) is 134 Å². The van der Waals surface area contributed by atoms with Crippen LogP contribution in [0.15, 0.2) is 24.3 Å². The molecule has 0 rings (SSSR count). The maximum Gasteiger partial charge on any atom is 0.472 e. The highest BCUT2D eigenvalue weighted by molar-refractivity contribution is 7.47. The number of phosphoric ester groups is 1. The van der Waals surface area contributed by atoms with E-state index in [0.29, 0.717) is 6.42 Å². The summed E-state index contributed by atoms with van der Waals surface area (Å²) in [7, 11) is -4.39. The Bertz CT molecular complexity index is 1360. The van der Waals surface area contributed by atoms with E-state index < -0.39 is 26.5 Å². The highest BCUT2D eigenvalue weighted by Crippen LogP contribution is 2.43. The van der Waals surface area contributed by atoms with Gasteiger partial charge in [-0.1, -0.05) is 346 Å². The van der Waals surface area contributed by atoms with Gasteiger partial charge in [0.2, 0.25) is 0 Å². The van der Waals surface area contributed by atoms with E-state index in [2.05, 4.69) is 38.2 Å². The lowest BCUT2D eigenvalue weighted by atomic mass is 10.0. The number of esters is 2. The molecule has 10 heteroatoms. The number of ether oxygens (including phenoxy) is 2. The monoisotopic (exact) mass is 1150 g/mol. The van der Waals surface area contributed by atoms with Crippen LogP contribution in [0.2, 0.25) is 0 Å². The molecular weight excluding hydrogens is 1010 g/mol. The minimum Gasteiger partial charge on any atom is -0.462 e. The van der Waals surface area contributed by atoms with Gasteiger partial charge in [0.25, 0.3) is 0 Å². The quantitative estimate of drug-likeness (QED) is 0.0264. The number of nitrogens with two attached hydrogens (primary N) is 1. The molecule has 0 aliphatic carbocycles. The van der Waals surface area contributed by atoms with Crippen molar-refractivity contribution in [3.63, 3.8) is 0 Å². The molecule has 0 aromatic heterocycles. The van der Waals surface area contributed by atoms with Gasteiger partial charge >= 0.3 is 19.8 Å². The van der Waals surface area contributed by atoms with Gasteiger partial charge in [0.1, 0.15) is 6.61 Å². The van der Waals surface area contributed by atoms with Gasteiger partial charge in [-0.3, -0.25) is 18.6 Å². The number of allylic oxidation sites excluding steroid dienone is 4. The van der Waals surface area contributed by atoms with Crippen molar-refractivity contribution in [1.29, 1.82) is 0 Å². The van der Waals surface area contributed by atoms with Gasteiger partial charge in [0.15, 0.2) is 6.10 Å². The zero-order valence-corrected chi connectivity index (χ0v) is 54.2. The zero-order valence-electron chi connectivity index (χ0n) is 53.3. The molecule has 0 radical (unpaired) electrons. The van der Waals surface area contributed by atoms with Crippen LogP contribution in [0.5, 0.6) is 0 Å². The number of carbonyl (C=O) groups excluding carboxylic acids is 2. The molecule has 2 atom stereocenters. The summed E-state index contributed by atoms with van der Waals surface area (Å²) in [5.41, 5.74) is 5.39. The van der Waals surface area contributed by atoms with Crippen LogP contribution in [0.1, 0.15) is 380 Å². The lowest BCUT2D eigenvalue weighted by molar-refractivity contribution is -0.161. The third kappa shape index (κ3) is 65.6. The van der Waals surface area contributed by atoms with E-state index in [0.717, 1.165) is 51.4 Å². The van der Waals surface area contributed by atoms with Gasteiger partial charge < -0.3 is 20.1 Å². The summed E-state index contributed by atoms with van der Waals surface area (Å²) in [6, 6.07) is 0. The smallest absolute Gasteiger partial charge is 0.462 e. The molecule has 0 bridgehead atoms. The summed E-state index contributed by atoms with van der Waals surface area (Å²) in [6.45, 7) is 3.78. The standard InChI is InChI=1S/C70H136NO8P/c1-3-5-7-9-11-13-15-17-19-21-23-24-25-26-27-28-29-30-31-32-33-34-35-36-37-38-39-40-41-42-43-44-45-47-48-50-52-54-56-58-60-62-69(72)76-66-68(67-78-80(74,75)77-65-64-71)79-70(73)63-61-59-57-55-53-51-49-46-22-20-18-16-14-12-10-8-6-4-2/h14,16,20,22,68H,3-13,15,17-19,21,23-67,71H2,1-2H3,(H,74,75)/b16-14-,22-20-. The van der Waals surface area contributed by atoms with Crippen molar-refractivity contribution in [2.24, 2.45) is 5.73 Å². The van der Waals surface area contributed by atoms with Crippen molar-refractivity contribution in [2.45, 2.75) is 386 Å². The van der Waals surface area contributed by atoms with Gasteiger partial charge in [-0.15, -0.1) is 0 Å². The normalized spacial score (nSPS) is 13.0. The number of unbranched alkanes of at least 4 members (excludes halogenated alkanes) is 51. The Balaban J connectivity index is 3.70. The molecule has 0 spiro atoms. The first-order valence-corrected chi connectivity index (χ1v) is 36.8. The van der Waals surface area contributed by atoms with E-state index in [1.165, 1.54) is 295 Å². The molecule has 80 heavy (non-hydrogen) atoms. The lowest BCUT2D eigenvalue weighted by Gasteiger charge is -2.19. The van der Waals surface area contributed by atoms with Crippen molar-refractivity contribution in [3.05, 3.63) is 24.3 Å². The van der Waals surface area contributed by atoms with E-state index in [1.54, 1.807) is 0 Å². The van der Waals surface area contributed by atoms with Gasteiger partial charge in [-0.2, -0.15) is 0 Å². The SMILES string of the molecule is CCCCCC/C=C\C/C=C\CCCCCCCCCC(=O)OC(COC(=O)CCCCCCCCCCCCCCCCCCCCCCCCCCCCCCCCCCCCCCCCCCC)COP(=O)(O)OCCN. The van der Waals surface area contributed by atoms with E-state index in [-0.39, 0.29) is 38.6 Å². The largest absolute Gasteiger partial charge is 0.472 e. The van der Waals surface area contributed by atoms with Crippen molar-refractivity contribution < 1.29 is 37.6 Å². The summed E-state index contributed by atoms with van der Waals surface area (Å²) in [5, 5.41) is 0. The van der Waals surface area contributed by atoms with E-state index in [9.17, 15) is 19.0 Å². The Morgan fingerprint density at radius 3 is 0.963 bits per heavy atom. The maximum atomic E-state index is 12.7. The van der Waals surface area contributed by atoms with Crippen LogP contribution in [0.3, 0.4) is 0 Å². The average molecular weight is 1150 g/mol. The summed E-state index contributed by atoms with van der Waals surface area (Å²) >= 11 is 0. The Kier molecular flexibility index (Phi) is 65.4. The van der Waals surface area contributed by atoms with E-state index in [1.807, 2.05) is 0 Å². The minimum absolute atomic E-state index is 0.0541. The maximum absolute atomic E-state index is 12.7. The summed E-state index contributed by atoms with van der Waals surface area (Å²) in [4.78, 5) is 35.2. The molecule has 0 aliphatic rings. The van der Waals surface area contributed by atoms with Crippen LogP contribution in [-0.4, -0.2) is 49.3 Å². The Hall–Kier alpha value is -1.51. The van der Waals surface area contributed by atoms with Crippen LogP contribution in [0.25, 0.3) is 0 Å². The van der Waals surface area contributed by atoms with Crippen molar-refractivity contribution in [1.82, 2.24) is 0 Å². The molecular formula is C70H136NO8P. The second kappa shape index (κ2) is 66.6. The average Bonchev–Trinajstić information content (AvgIpc) is 3.45. The number of carbonyl (C=O) groups is 2. The van der Waals surface area contributed by atoms with Crippen LogP contribution < -0.4 is 5.73 Å². The predicted molar refractivity (Wildman–Crippen MR) is 344 cm³/mol. The molecule has 9 nitrogen and oxygen atoms in total. The lowest BCUT2D eigenvalue weighted by Crippen LogP contribution is -2.29.